The number of carbonyl (C=O) groups is 1. The summed E-state index contributed by atoms with van der Waals surface area (Å²) in [5, 5.41) is 10.3. The van der Waals surface area contributed by atoms with Crippen LogP contribution in [0.2, 0.25) is 0 Å². The first-order chi connectivity index (χ1) is 12.6. The van der Waals surface area contributed by atoms with E-state index in [1.807, 2.05) is 32.0 Å². The van der Waals surface area contributed by atoms with Crippen LogP contribution in [0.4, 0.5) is 0 Å². The molecule has 0 heterocycles. The molecule has 1 aromatic rings. The topological polar surface area (TPSA) is 65.0 Å². The monoisotopic (exact) mass is 375 g/mol. The lowest BCUT2D eigenvalue weighted by atomic mass is 9.80. The predicted octanol–water partition coefficient (Wildman–Crippen LogP) is 3.25. The Kier molecular flexibility index (Phi) is 9.06. The van der Waals surface area contributed by atoms with Crippen LogP contribution in [0.3, 0.4) is 0 Å². The van der Waals surface area contributed by atoms with E-state index in [0.29, 0.717) is 13.2 Å². The number of hydrogen-bond donors (Lipinski definition) is 1. The highest BCUT2D eigenvalue weighted by atomic mass is 16.5. The lowest BCUT2D eigenvalue weighted by molar-refractivity contribution is -0.137. The van der Waals surface area contributed by atoms with Crippen LogP contribution in [0.1, 0.15) is 59.9 Å². The summed E-state index contributed by atoms with van der Waals surface area (Å²) < 4.78 is 16.5. The van der Waals surface area contributed by atoms with Gasteiger partial charge in [0, 0.05) is 6.08 Å². The normalized spacial score (nSPS) is 12.3. The smallest absolute Gasteiger partial charge is 0.331 e. The average Bonchev–Trinajstić information content (AvgIpc) is 2.58. The second-order valence-electron chi connectivity index (χ2n) is 7.38. The van der Waals surface area contributed by atoms with Crippen molar-refractivity contribution in [2.24, 2.45) is 0 Å². The maximum Gasteiger partial charge on any atom is 0.331 e. The van der Waals surface area contributed by atoms with Crippen LogP contribution < -0.4 is 10.2 Å². The molecular weight excluding hydrogens is 343 g/mol. The highest BCUT2D eigenvalue weighted by molar-refractivity contribution is 6.48. The highest BCUT2D eigenvalue weighted by Gasteiger charge is 2.35. The summed E-state index contributed by atoms with van der Waals surface area (Å²) in [6, 6.07) is 5.59. The number of aliphatic hydroxyl groups is 1. The summed E-state index contributed by atoms with van der Waals surface area (Å²) in [6.07, 6.45) is 5.09. The Balaban J connectivity index is 3.01. The van der Waals surface area contributed by atoms with Crippen LogP contribution >= 0.6 is 0 Å². The van der Waals surface area contributed by atoms with E-state index >= 15 is 0 Å². The van der Waals surface area contributed by atoms with Gasteiger partial charge in [-0.1, -0.05) is 19.4 Å². The molecule has 0 bridgehead atoms. The van der Waals surface area contributed by atoms with Gasteiger partial charge < -0.3 is 19.2 Å². The fourth-order valence-corrected chi connectivity index (χ4v) is 1.93. The molecule has 0 spiro atoms. The number of benzene rings is 1. The van der Waals surface area contributed by atoms with Gasteiger partial charge in [0.2, 0.25) is 0 Å². The lowest BCUT2D eigenvalue weighted by Crippen LogP contribution is -2.49. The van der Waals surface area contributed by atoms with E-state index in [9.17, 15) is 9.90 Å². The molecule has 0 aliphatic heterocycles. The molecule has 5 nitrogen and oxygen atoms in total. The predicted molar refractivity (Wildman–Crippen MR) is 109 cm³/mol. The molecule has 0 unspecified atom stereocenters. The number of rotatable bonds is 11. The Labute approximate surface area is 164 Å². The first kappa shape index (κ1) is 23.3. The summed E-state index contributed by atoms with van der Waals surface area (Å²) in [4.78, 5) is 11.7. The van der Waals surface area contributed by atoms with E-state index in [1.165, 1.54) is 6.08 Å². The molecule has 0 amide bonds. The summed E-state index contributed by atoms with van der Waals surface area (Å²) in [6.45, 7) is 11.9. The molecule has 27 heavy (non-hydrogen) atoms. The van der Waals surface area contributed by atoms with Crippen molar-refractivity contribution in [3.63, 3.8) is 0 Å². The standard InChI is InChI=1S/C21H32BO5/c1-7-9-14-26-17-11-12-18(22-27-21(5,6)20(3,4)24)16(15-17)10-13-19(23)25-8-2/h10-13,15,24H,7-9,14H2,1-6H3/b13-10+. The van der Waals surface area contributed by atoms with Crippen molar-refractivity contribution in [1.29, 1.82) is 0 Å². The van der Waals surface area contributed by atoms with Gasteiger partial charge in [-0.05, 0) is 70.3 Å². The SMILES string of the molecule is CCCCOc1ccc([B]OC(C)(C)C(C)(C)O)c(/C=C/C(=O)OCC)c1. The maximum atomic E-state index is 11.7. The van der Waals surface area contributed by atoms with E-state index in [2.05, 4.69) is 6.92 Å². The van der Waals surface area contributed by atoms with Gasteiger partial charge in [-0.15, -0.1) is 0 Å². The quantitative estimate of drug-likeness (QED) is 0.278. The Morgan fingerprint density at radius 2 is 1.93 bits per heavy atom. The third-order valence-corrected chi connectivity index (χ3v) is 4.46. The number of unbranched alkanes of at least 4 members (excludes halogenated alkanes) is 1. The highest BCUT2D eigenvalue weighted by Crippen LogP contribution is 2.24. The van der Waals surface area contributed by atoms with Gasteiger partial charge in [-0.3, -0.25) is 0 Å². The fraction of sp³-hybridized carbons (Fsp3) is 0.571. The van der Waals surface area contributed by atoms with Crippen LogP contribution in [0.25, 0.3) is 6.08 Å². The Morgan fingerprint density at radius 1 is 1.22 bits per heavy atom. The van der Waals surface area contributed by atoms with Crippen molar-refractivity contribution in [3.8, 4) is 5.75 Å². The molecule has 0 aromatic heterocycles. The molecular formula is C21H32BO5. The molecule has 149 valence electrons. The third kappa shape index (κ3) is 7.77. The summed E-state index contributed by atoms with van der Waals surface area (Å²) >= 11 is 0. The second kappa shape index (κ2) is 10.5. The number of hydrogen-bond acceptors (Lipinski definition) is 5. The summed E-state index contributed by atoms with van der Waals surface area (Å²) in [5.74, 6) is 0.323. The number of carbonyl (C=O) groups excluding carboxylic acids is 1. The minimum Gasteiger partial charge on any atom is -0.494 e. The van der Waals surface area contributed by atoms with Gasteiger partial charge in [-0.2, -0.15) is 0 Å². The maximum absolute atomic E-state index is 11.7. The van der Waals surface area contributed by atoms with E-state index in [4.69, 9.17) is 14.1 Å². The number of ether oxygens (including phenoxy) is 2. The van der Waals surface area contributed by atoms with Crippen LogP contribution in [-0.2, 0) is 14.2 Å². The van der Waals surface area contributed by atoms with Gasteiger partial charge >= 0.3 is 13.5 Å². The van der Waals surface area contributed by atoms with Gasteiger partial charge in [0.05, 0.1) is 24.4 Å². The molecule has 0 atom stereocenters. The van der Waals surface area contributed by atoms with Gasteiger partial charge in [-0.25, -0.2) is 4.79 Å². The van der Waals surface area contributed by atoms with Crippen LogP contribution in [0.15, 0.2) is 24.3 Å². The van der Waals surface area contributed by atoms with Crippen molar-refractivity contribution in [3.05, 3.63) is 29.8 Å². The molecule has 0 saturated heterocycles. The zero-order chi connectivity index (χ0) is 20.5. The minimum atomic E-state index is -1.02. The third-order valence-electron chi connectivity index (χ3n) is 4.46. The minimum absolute atomic E-state index is 0.325. The van der Waals surface area contributed by atoms with Gasteiger partial charge in [0.25, 0.3) is 0 Å². The molecule has 1 rings (SSSR count). The van der Waals surface area contributed by atoms with Crippen molar-refractivity contribution in [1.82, 2.24) is 0 Å². The van der Waals surface area contributed by atoms with Crippen molar-refractivity contribution in [2.75, 3.05) is 13.2 Å². The van der Waals surface area contributed by atoms with E-state index in [1.54, 1.807) is 34.3 Å². The lowest BCUT2D eigenvalue weighted by Gasteiger charge is -2.37. The molecule has 0 aliphatic rings. The molecule has 0 fully saturated rings. The first-order valence-corrected chi connectivity index (χ1v) is 9.45. The molecule has 1 aromatic carbocycles. The molecule has 1 N–H and O–H groups in total. The largest absolute Gasteiger partial charge is 0.494 e. The average molecular weight is 375 g/mol. The van der Waals surface area contributed by atoms with Crippen molar-refractivity contribution in [2.45, 2.75) is 65.6 Å². The molecule has 0 aliphatic carbocycles. The van der Waals surface area contributed by atoms with Crippen molar-refractivity contribution >= 4 is 25.0 Å². The number of esters is 1. The summed E-state index contributed by atoms with van der Waals surface area (Å²) in [5.41, 5.74) is -0.265. The molecule has 0 saturated carbocycles. The van der Waals surface area contributed by atoms with Crippen molar-refractivity contribution < 1.29 is 24.0 Å². The molecule has 1 radical (unpaired) electrons. The van der Waals surface area contributed by atoms with E-state index < -0.39 is 17.2 Å². The Hall–Kier alpha value is -1.79. The zero-order valence-electron chi connectivity index (χ0n) is 17.4. The van der Waals surface area contributed by atoms with Gasteiger partial charge in [0.1, 0.15) is 5.75 Å². The summed E-state index contributed by atoms with van der Waals surface area (Å²) in [7, 11) is 1.60. The fourth-order valence-electron chi connectivity index (χ4n) is 1.93. The second-order valence-corrected chi connectivity index (χ2v) is 7.38. The Bertz CT molecular complexity index is 632. The zero-order valence-corrected chi connectivity index (χ0v) is 17.4. The Morgan fingerprint density at radius 3 is 2.52 bits per heavy atom. The first-order valence-electron chi connectivity index (χ1n) is 9.45. The van der Waals surface area contributed by atoms with Crippen LogP contribution in [0.5, 0.6) is 5.75 Å². The van der Waals surface area contributed by atoms with Crippen LogP contribution in [-0.4, -0.2) is 43.0 Å². The van der Waals surface area contributed by atoms with Crippen LogP contribution in [0, 0.1) is 0 Å². The van der Waals surface area contributed by atoms with E-state index in [0.717, 1.165) is 29.6 Å². The van der Waals surface area contributed by atoms with E-state index in [-0.39, 0.29) is 0 Å². The van der Waals surface area contributed by atoms with Gasteiger partial charge in [0.15, 0.2) is 0 Å². The molecule has 6 heteroatoms.